The highest BCUT2D eigenvalue weighted by Crippen LogP contribution is 2.35. The zero-order chi connectivity index (χ0) is 12.9. The van der Waals surface area contributed by atoms with Crippen LogP contribution in [0.5, 0.6) is 0 Å². The monoisotopic (exact) mass is 259 g/mol. The summed E-state index contributed by atoms with van der Waals surface area (Å²) in [6.45, 7) is 9.18. The van der Waals surface area contributed by atoms with Crippen molar-refractivity contribution in [1.82, 2.24) is 5.32 Å². The van der Waals surface area contributed by atoms with Crippen molar-refractivity contribution in [1.29, 1.82) is 0 Å². The average Bonchev–Trinajstić information content (AvgIpc) is 2.26. The lowest BCUT2D eigenvalue weighted by Gasteiger charge is -2.41. The highest BCUT2D eigenvalue weighted by molar-refractivity contribution is 7.99. The van der Waals surface area contributed by atoms with Gasteiger partial charge in [-0.15, -0.1) is 0 Å². The van der Waals surface area contributed by atoms with Crippen LogP contribution in [0.1, 0.15) is 53.4 Å². The lowest BCUT2D eigenvalue weighted by Crippen LogP contribution is -2.54. The highest BCUT2D eigenvalue weighted by atomic mass is 32.2. The van der Waals surface area contributed by atoms with Crippen molar-refractivity contribution in [3.05, 3.63) is 0 Å². The van der Waals surface area contributed by atoms with Gasteiger partial charge in [0.25, 0.3) is 0 Å². The first-order chi connectivity index (χ1) is 7.97. The topological polar surface area (TPSA) is 32.3 Å². The molecule has 1 saturated carbocycles. The third-order valence-electron chi connectivity index (χ3n) is 3.36. The quantitative estimate of drug-likeness (QED) is 0.769. The maximum Gasteiger partial charge on any atom is 0.0613 e. The second kappa shape index (κ2) is 7.01. The molecule has 0 aliphatic heterocycles. The fourth-order valence-corrected chi connectivity index (χ4v) is 4.14. The minimum Gasteiger partial charge on any atom is -0.394 e. The number of aliphatic hydroxyl groups excluding tert-OH is 1. The van der Waals surface area contributed by atoms with Gasteiger partial charge in [-0.3, -0.25) is 0 Å². The Kier molecular flexibility index (Phi) is 6.32. The summed E-state index contributed by atoms with van der Waals surface area (Å²) in [7, 11) is 0. The molecule has 0 spiro atoms. The lowest BCUT2D eigenvalue weighted by molar-refractivity contribution is 0.115. The van der Waals surface area contributed by atoms with Crippen LogP contribution in [-0.2, 0) is 0 Å². The molecule has 1 aliphatic carbocycles. The van der Waals surface area contributed by atoms with Gasteiger partial charge in [-0.2, -0.15) is 11.8 Å². The molecule has 1 fully saturated rings. The Labute approximate surface area is 111 Å². The van der Waals surface area contributed by atoms with Crippen molar-refractivity contribution in [2.45, 2.75) is 70.2 Å². The molecular weight excluding hydrogens is 230 g/mol. The Bertz CT molecular complexity index is 220. The van der Waals surface area contributed by atoms with Crippen LogP contribution < -0.4 is 5.32 Å². The van der Waals surface area contributed by atoms with Crippen LogP contribution in [0.4, 0.5) is 0 Å². The van der Waals surface area contributed by atoms with Crippen molar-refractivity contribution >= 4 is 11.8 Å². The molecule has 17 heavy (non-hydrogen) atoms. The summed E-state index contributed by atoms with van der Waals surface area (Å²) < 4.78 is 0. The van der Waals surface area contributed by atoms with Gasteiger partial charge in [-0.25, -0.2) is 0 Å². The summed E-state index contributed by atoms with van der Waals surface area (Å²) in [5.74, 6) is 2.01. The van der Waals surface area contributed by atoms with Gasteiger partial charge in [0.2, 0.25) is 0 Å². The second-order valence-corrected chi connectivity index (χ2v) is 7.52. The molecule has 1 rings (SSSR count). The number of aliphatic hydroxyl groups is 1. The molecule has 2 unspecified atom stereocenters. The maximum absolute atomic E-state index is 9.71. The molecule has 2 N–H and O–H groups in total. The molecule has 0 bridgehead atoms. The van der Waals surface area contributed by atoms with E-state index in [4.69, 9.17) is 0 Å². The van der Waals surface area contributed by atoms with Crippen molar-refractivity contribution in [2.75, 3.05) is 12.4 Å². The number of thioether (sulfide) groups is 1. The van der Waals surface area contributed by atoms with E-state index < -0.39 is 0 Å². The first kappa shape index (κ1) is 15.3. The zero-order valence-corrected chi connectivity index (χ0v) is 12.6. The van der Waals surface area contributed by atoms with E-state index in [1.165, 1.54) is 18.6 Å². The van der Waals surface area contributed by atoms with E-state index in [-0.39, 0.29) is 12.1 Å². The number of nitrogens with one attached hydrogen (secondary N) is 1. The third-order valence-corrected chi connectivity index (χ3v) is 5.10. The van der Waals surface area contributed by atoms with E-state index in [1.54, 1.807) is 0 Å². The van der Waals surface area contributed by atoms with Crippen molar-refractivity contribution in [2.24, 2.45) is 5.92 Å². The molecule has 0 amide bonds. The molecule has 0 radical (unpaired) electrons. The smallest absolute Gasteiger partial charge is 0.0613 e. The zero-order valence-electron chi connectivity index (χ0n) is 11.8. The summed E-state index contributed by atoms with van der Waals surface area (Å²) in [5, 5.41) is 14.0. The van der Waals surface area contributed by atoms with Gasteiger partial charge in [0.05, 0.1) is 6.61 Å². The van der Waals surface area contributed by atoms with Crippen molar-refractivity contribution < 1.29 is 5.11 Å². The first-order valence-corrected chi connectivity index (χ1v) is 8.02. The molecule has 0 aromatic rings. The van der Waals surface area contributed by atoms with E-state index in [0.29, 0.717) is 6.04 Å². The summed E-state index contributed by atoms with van der Waals surface area (Å²) in [4.78, 5) is 0. The predicted molar refractivity (Wildman–Crippen MR) is 77.6 cm³/mol. The van der Waals surface area contributed by atoms with Crippen LogP contribution in [0, 0.1) is 5.92 Å². The standard InChI is InChI=1S/C14H29NOS/c1-11(2)9-17-13-6-5-7-14(8-13,10-16)15-12(3)4/h11-13,15-16H,5-10H2,1-4H3. The van der Waals surface area contributed by atoms with Crippen molar-refractivity contribution in [3.8, 4) is 0 Å². The normalized spacial score (nSPS) is 30.2. The minimum absolute atomic E-state index is 0.0128. The lowest BCUT2D eigenvalue weighted by atomic mass is 9.81. The van der Waals surface area contributed by atoms with Gasteiger partial charge in [-0.1, -0.05) is 34.1 Å². The summed E-state index contributed by atoms with van der Waals surface area (Å²) in [6, 6.07) is 0.455. The highest BCUT2D eigenvalue weighted by Gasteiger charge is 2.36. The fraction of sp³-hybridized carbons (Fsp3) is 1.00. The van der Waals surface area contributed by atoms with E-state index in [0.717, 1.165) is 24.0 Å². The van der Waals surface area contributed by atoms with Crippen LogP contribution in [0.3, 0.4) is 0 Å². The maximum atomic E-state index is 9.71. The van der Waals surface area contributed by atoms with Gasteiger partial charge in [0, 0.05) is 16.8 Å². The molecule has 2 nitrogen and oxygen atoms in total. The van der Waals surface area contributed by atoms with Crippen LogP contribution >= 0.6 is 11.8 Å². The van der Waals surface area contributed by atoms with Gasteiger partial charge < -0.3 is 10.4 Å². The molecule has 0 saturated heterocycles. The van der Waals surface area contributed by atoms with E-state index in [9.17, 15) is 5.11 Å². The van der Waals surface area contributed by atoms with E-state index in [2.05, 4.69) is 44.8 Å². The average molecular weight is 259 g/mol. The Morgan fingerprint density at radius 1 is 1.35 bits per heavy atom. The predicted octanol–water partition coefficient (Wildman–Crippen LogP) is 3.05. The molecule has 102 valence electrons. The van der Waals surface area contributed by atoms with Crippen LogP contribution in [-0.4, -0.2) is 34.3 Å². The van der Waals surface area contributed by atoms with Crippen LogP contribution in [0.25, 0.3) is 0 Å². The first-order valence-electron chi connectivity index (χ1n) is 6.97. The second-order valence-electron chi connectivity index (χ2n) is 6.18. The van der Waals surface area contributed by atoms with Gasteiger partial charge >= 0.3 is 0 Å². The summed E-state index contributed by atoms with van der Waals surface area (Å²) in [5.41, 5.74) is -0.0128. The Hall–Kier alpha value is 0.270. The summed E-state index contributed by atoms with van der Waals surface area (Å²) in [6.07, 6.45) is 4.81. The summed E-state index contributed by atoms with van der Waals surface area (Å²) >= 11 is 2.10. The minimum atomic E-state index is -0.0128. The Balaban J connectivity index is 2.50. The number of rotatable bonds is 6. The van der Waals surface area contributed by atoms with Gasteiger partial charge in [-0.05, 0) is 30.9 Å². The third kappa shape index (κ3) is 5.19. The molecule has 0 aromatic carbocycles. The molecule has 3 heteroatoms. The molecule has 1 aliphatic rings. The SMILES string of the molecule is CC(C)CSC1CCCC(CO)(NC(C)C)C1. The number of hydrogen-bond donors (Lipinski definition) is 2. The van der Waals surface area contributed by atoms with E-state index in [1.807, 2.05) is 0 Å². The Morgan fingerprint density at radius 3 is 2.59 bits per heavy atom. The largest absolute Gasteiger partial charge is 0.394 e. The molecular formula is C14H29NOS. The fourth-order valence-electron chi connectivity index (χ4n) is 2.71. The number of hydrogen-bond acceptors (Lipinski definition) is 3. The van der Waals surface area contributed by atoms with Gasteiger partial charge in [0.15, 0.2) is 0 Å². The molecule has 0 heterocycles. The van der Waals surface area contributed by atoms with Crippen molar-refractivity contribution in [3.63, 3.8) is 0 Å². The van der Waals surface area contributed by atoms with Crippen LogP contribution in [0.2, 0.25) is 0 Å². The molecule has 2 atom stereocenters. The molecule has 0 aromatic heterocycles. The van der Waals surface area contributed by atoms with E-state index >= 15 is 0 Å². The Morgan fingerprint density at radius 2 is 2.06 bits per heavy atom. The van der Waals surface area contributed by atoms with Gasteiger partial charge in [0.1, 0.15) is 0 Å². The van der Waals surface area contributed by atoms with Crippen LogP contribution in [0.15, 0.2) is 0 Å².